The van der Waals surface area contributed by atoms with E-state index in [0.717, 1.165) is 0 Å². The Balaban J connectivity index is 2.37. The van der Waals surface area contributed by atoms with Gasteiger partial charge in [0.15, 0.2) is 0 Å². The molecular weight excluding hydrogens is 346 g/mol. The van der Waals surface area contributed by atoms with E-state index < -0.39 is 17.0 Å². The average molecular weight is 363 g/mol. The van der Waals surface area contributed by atoms with Crippen LogP contribution >= 0.6 is 0 Å². The maximum absolute atomic E-state index is 12.6. The number of aryl methyl sites for hydroxylation is 2. The van der Waals surface area contributed by atoms with Gasteiger partial charge in [-0.15, -0.1) is 0 Å². The summed E-state index contributed by atoms with van der Waals surface area (Å²) in [7, 11) is 0. The zero-order chi connectivity index (χ0) is 19.7. The molecule has 7 heteroatoms. The van der Waals surface area contributed by atoms with Crippen LogP contribution in [-0.2, 0) is 0 Å². The fourth-order valence-corrected chi connectivity index (χ4v) is 3.15. The highest BCUT2D eigenvalue weighted by Gasteiger charge is 2.28. The van der Waals surface area contributed by atoms with Crippen LogP contribution in [0.15, 0.2) is 46.0 Å². The van der Waals surface area contributed by atoms with Crippen LogP contribution in [-0.4, -0.2) is 20.2 Å². The maximum Gasteiger partial charge on any atom is 0.256 e. The molecule has 0 spiro atoms. The summed E-state index contributed by atoms with van der Waals surface area (Å²) in [4.78, 5) is 30.4. The summed E-state index contributed by atoms with van der Waals surface area (Å²) in [6, 6.07) is 11.0. The molecule has 7 nitrogen and oxygen atoms in total. The molecule has 4 N–H and O–H groups in total. The molecule has 0 atom stereocenters. The Bertz CT molecular complexity index is 1100. The SMILES string of the molecule is Cc1cc(O)c(C(c2ccc(C#N)cc2)c2c(O)cc(C)[nH]c2=O)c(=O)[nH]1. The molecule has 136 valence electrons. The third-order valence-corrected chi connectivity index (χ3v) is 4.32. The van der Waals surface area contributed by atoms with Crippen molar-refractivity contribution in [2.75, 3.05) is 0 Å². The Kier molecular flexibility index (Phi) is 4.57. The molecule has 0 unspecified atom stereocenters. The molecule has 0 bridgehead atoms. The van der Waals surface area contributed by atoms with Crippen LogP contribution in [0.2, 0.25) is 0 Å². The Labute approximate surface area is 154 Å². The van der Waals surface area contributed by atoms with Gasteiger partial charge in [0.1, 0.15) is 11.5 Å². The number of rotatable bonds is 3. The molecule has 27 heavy (non-hydrogen) atoms. The number of aromatic amines is 2. The van der Waals surface area contributed by atoms with Gasteiger partial charge >= 0.3 is 0 Å². The molecule has 3 aromatic rings. The molecule has 0 radical (unpaired) electrons. The van der Waals surface area contributed by atoms with Crippen molar-refractivity contribution in [1.29, 1.82) is 5.26 Å². The van der Waals surface area contributed by atoms with E-state index in [2.05, 4.69) is 9.97 Å². The molecule has 0 aliphatic carbocycles. The molecule has 0 amide bonds. The third kappa shape index (κ3) is 3.33. The molecule has 0 saturated carbocycles. The summed E-state index contributed by atoms with van der Waals surface area (Å²) in [6.07, 6.45) is 0. The zero-order valence-electron chi connectivity index (χ0n) is 14.7. The number of nitrogens with one attached hydrogen (secondary N) is 2. The number of nitrogens with zero attached hydrogens (tertiary/aromatic N) is 1. The van der Waals surface area contributed by atoms with Crippen LogP contribution in [0.25, 0.3) is 0 Å². The Morgan fingerprint density at radius 3 is 1.70 bits per heavy atom. The molecule has 3 rings (SSSR count). The minimum absolute atomic E-state index is 0.0602. The molecule has 0 aliphatic heterocycles. The summed E-state index contributed by atoms with van der Waals surface area (Å²) in [6.45, 7) is 3.25. The monoisotopic (exact) mass is 363 g/mol. The minimum atomic E-state index is -1.02. The van der Waals surface area contributed by atoms with Crippen LogP contribution in [0.3, 0.4) is 0 Å². The van der Waals surface area contributed by atoms with Crippen molar-refractivity contribution in [2.45, 2.75) is 19.8 Å². The first-order valence-corrected chi connectivity index (χ1v) is 8.17. The number of aromatic hydroxyl groups is 2. The number of aromatic nitrogens is 2. The number of H-pyrrole nitrogens is 2. The molecular formula is C20H17N3O4. The standard InChI is InChI=1S/C20H17N3O4/c1-10-7-14(24)17(19(26)22-10)16(13-5-3-12(9-21)4-6-13)18-15(25)8-11(2)23-20(18)27/h3-8,16H,1-2H3,(H2,22,24,26)(H2,23,25,27). The fraction of sp³-hybridized carbons (Fsp3) is 0.150. The lowest BCUT2D eigenvalue weighted by Gasteiger charge is -2.19. The maximum atomic E-state index is 12.6. The van der Waals surface area contributed by atoms with E-state index in [-0.39, 0.29) is 22.6 Å². The first-order chi connectivity index (χ1) is 12.8. The van der Waals surface area contributed by atoms with Crippen molar-refractivity contribution in [2.24, 2.45) is 0 Å². The van der Waals surface area contributed by atoms with Gasteiger partial charge in [-0.2, -0.15) is 5.26 Å². The summed E-state index contributed by atoms with van der Waals surface area (Å²) in [5.41, 5.74) is 0.543. The number of nitriles is 1. The van der Waals surface area contributed by atoms with Crippen LogP contribution in [0.4, 0.5) is 0 Å². The number of hydrogen-bond acceptors (Lipinski definition) is 5. The van der Waals surface area contributed by atoms with Gasteiger partial charge in [-0.3, -0.25) is 9.59 Å². The van der Waals surface area contributed by atoms with Gasteiger partial charge in [0.25, 0.3) is 11.1 Å². The Hall–Kier alpha value is -3.79. The predicted octanol–water partition coefficient (Wildman–Crippen LogP) is 2.14. The minimum Gasteiger partial charge on any atom is -0.507 e. The summed E-state index contributed by atoms with van der Waals surface area (Å²) >= 11 is 0. The van der Waals surface area contributed by atoms with Crippen LogP contribution in [0.5, 0.6) is 11.5 Å². The van der Waals surface area contributed by atoms with Crippen molar-refractivity contribution >= 4 is 0 Å². The van der Waals surface area contributed by atoms with E-state index >= 15 is 0 Å². The molecule has 2 aromatic heterocycles. The second-order valence-electron chi connectivity index (χ2n) is 6.33. The van der Waals surface area contributed by atoms with E-state index in [1.165, 1.54) is 12.1 Å². The van der Waals surface area contributed by atoms with Crippen molar-refractivity contribution in [1.82, 2.24) is 9.97 Å². The van der Waals surface area contributed by atoms with Crippen LogP contribution < -0.4 is 11.1 Å². The van der Waals surface area contributed by atoms with E-state index in [1.807, 2.05) is 6.07 Å². The highest BCUT2D eigenvalue weighted by atomic mass is 16.3. The van der Waals surface area contributed by atoms with Gasteiger partial charge in [-0.1, -0.05) is 12.1 Å². The molecule has 1 aromatic carbocycles. The van der Waals surface area contributed by atoms with Crippen molar-refractivity contribution in [3.8, 4) is 17.6 Å². The largest absolute Gasteiger partial charge is 0.507 e. The lowest BCUT2D eigenvalue weighted by molar-refractivity contribution is 0.454. The number of benzene rings is 1. The summed E-state index contributed by atoms with van der Waals surface area (Å²) in [5, 5.41) is 29.9. The molecule has 0 saturated heterocycles. The number of pyridine rings is 2. The summed E-state index contributed by atoms with van der Waals surface area (Å²) in [5.74, 6) is -1.60. The van der Waals surface area contributed by atoms with Gasteiger partial charge in [0.05, 0.1) is 28.7 Å². The quantitative estimate of drug-likeness (QED) is 0.566. The topological polar surface area (TPSA) is 130 Å². The lowest BCUT2D eigenvalue weighted by Crippen LogP contribution is -2.24. The first-order valence-electron chi connectivity index (χ1n) is 8.17. The van der Waals surface area contributed by atoms with E-state index in [4.69, 9.17) is 5.26 Å². The zero-order valence-corrected chi connectivity index (χ0v) is 14.7. The molecule has 2 heterocycles. The Morgan fingerprint density at radius 1 is 0.889 bits per heavy atom. The van der Waals surface area contributed by atoms with Gasteiger partial charge in [-0.25, -0.2) is 0 Å². The van der Waals surface area contributed by atoms with E-state index in [1.54, 1.807) is 38.1 Å². The van der Waals surface area contributed by atoms with Gasteiger partial charge < -0.3 is 20.2 Å². The fourth-order valence-electron chi connectivity index (χ4n) is 3.15. The smallest absolute Gasteiger partial charge is 0.256 e. The molecule has 0 aliphatic rings. The average Bonchev–Trinajstić information content (AvgIpc) is 2.59. The van der Waals surface area contributed by atoms with Gasteiger partial charge in [0.2, 0.25) is 0 Å². The van der Waals surface area contributed by atoms with Gasteiger partial charge in [0, 0.05) is 11.4 Å². The van der Waals surface area contributed by atoms with E-state index in [9.17, 15) is 19.8 Å². The second-order valence-corrected chi connectivity index (χ2v) is 6.33. The normalized spacial score (nSPS) is 10.7. The highest BCUT2D eigenvalue weighted by molar-refractivity contribution is 5.52. The van der Waals surface area contributed by atoms with Crippen molar-refractivity contribution in [3.05, 3.63) is 90.7 Å². The van der Waals surface area contributed by atoms with Crippen LogP contribution in [0.1, 0.15) is 39.6 Å². The predicted molar refractivity (Wildman–Crippen MR) is 99.0 cm³/mol. The second kappa shape index (κ2) is 6.84. The van der Waals surface area contributed by atoms with Crippen LogP contribution in [0, 0.1) is 25.2 Å². The summed E-state index contributed by atoms with van der Waals surface area (Å²) < 4.78 is 0. The van der Waals surface area contributed by atoms with Crippen molar-refractivity contribution < 1.29 is 10.2 Å². The first kappa shape index (κ1) is 18.0. The van der Waals surface area contributed by atoms with Crippen molar-refractivity contribution in [3.63, 3.8) is 0 Å². The van der Waals surface area contributed by atoms with E-state index in [0.29, 0.717) is 22.5 Å². The number of hydrogen-bond donors (Lipinski definition) is 4. The van der Waals surface area contributed by atoms with Gasteiger partial charge in [-0.05, 0) is 43.7 Å². The highest BCUT2D eigenvalue weighted by Crippen LogP contribution is 2.37. The third-order valence-electron chi connectivity index (χ3n) is 4.32. The molecule has 0 fully saturated rings. The Morgan fingerprint density at radius 2 is 1.33 bits per heavy atom. The lowest BCUT2D eigenvalue weighted by atomic mass is 9.85.